The van der Waals surface area contributed by atoms with Gasteiger partial charge in [-0.1, -0.05) is 6.07 Å². The lowest BCUT2D eigenvalue weighted by Crippen LogP contribution is -2.30. The van der Waals surface area contributed by atoms with Gasteiger partial charge in [-0.25, -0.2) is 4.98 Å². The highest BCUT2D eigenvalue weighted by atomic mass is 15.1. The molecular formula is C15H21N3. The number of likely N-dealkylation sites (tertiary alicyclic amines) is 1. The first-order valence-corrected chi connectivity index (χ1v) is 6.76. The van der Waals surface area contributed by atoms with Crippen molar-refractivity contribution in [1.82, 2.24) is 14.5 Å². The van der Waals surface area contributed by atoms with Gasteiger partial charge in [0.15, 0.2) is 0 Å². The maximum atomic E-state index is 4.85. The Labute approximate surface area is 108 Å². The first kappa shape index (κ1) is 11.7. The third kappa shape index (κ3) is 1.93. The zero-order valence-electron chi connectivity index (χ0n) is 11.5. The van der Waals surface area contributed by atoms with E-state index in [-0.39, 0.29) is 0 Å². The largest absolute Gasteiger partial charge is 0.331 e. The van der Waals surface area contributed by atoms with Crippen molar-refractivity contribution in [3.63, 3.8) is 0 Å². The molecule has 96 valence electrons. The quantitative estimate of drug-likeness (QED) is 0.768. The molecule has 2 heterocycles. The Bertz CT molecular complexity index is 562. The van der Waals surface area contributed by atoms with Crippen LogP contribution in [0.25, 0.3) is 11.0 Å². The van der Waals surface area contributed by atoms with Crippen LogP contribution in [0.4, 0.5) is 0 Å². The maximum Gasteiger partial charge on any atom is 0.112 e. The van der Waals surface area contributed by atoms with Gasteiger partial charge >= 0.3 is 0 Å². The van der Waals surface area contributed by atoms with Gasteiger partial charge in [0, 0.05) is 13.0 Å². The minimum absolute atomic E-state index is 0.624. The molecule has 1 aliphatic rings. The van der Waals surface area contributed by atoms with Gasteiger partial charge in [-0.3, -0.25) is 0 Å². The van der Waals surface area contributed by atoms with Crippen molar-refractivity contribution in [2.45, 2.75) is 25.7 Å². The molecule has 1 saturated heterocycles. The summed E-state index contributed by atoms with van der Waals surface area (Å²) in [6.07, 6.45) is 2.46. The summed E-state index contributed by atoms with van der Waals surface area (Å²) in [6.45, 7) is 4.52. The van der Waals surface area contributed by atoms with E-state index in [1.54, 1.807) is 0 Å². The number of fused-ring (bicyclic) bond motifs is 1. The van der Waals surface area contributed by atoms with Crippen LogP contribution in [0, 0.1) is 6.92 Å². The second kappa shape index (κ2) is 4.39. The van der Waals surface area contributed by atoms with Crippen LogP contribution in [-0.4, -0.2) is 34.6 Å². The van der Waals surface area contributed by atoms with Crippen LogP contribution in [0.3, 0.4) is 0 Å². The van der Waals surface area contributed by atoms with Crippen LogP contribution in [0.5, 0.6) is 0 Å². The second-order valence-corrected chi connectivity index (χ2v) is 5.60. The predicted octanol–water partition coefficient (Wildman–Crippen LogP) is 2.69. The van der Waals surface area contributed by atoms with Gasteiger partial charge in [0.05, 0.1) is 11.0 Å². The van der Waals surface area contributed by atoms with Crippen LogP contribution in [0.2, 0.25) is 0 Å². The van der Waals surface area contributed by atoms with E-state index in [9.17, 15) is 0 Å². The van der Waals surface area contributed by atoms with Crippen molar-refractivity contribution in [3.05, 3.63) is 29.6 Å². The van der Waals surface area contributed by atoms with E-state index in [1.807, 2.05) is 0 Å². The summed E-state index contributed by atoms with van der Waals surface area (Å²) in [4.78, 5) is 7.25. The van der Waals surface area contributed by atoms with Gasteiger partial charge in [-0.05, 0) is 57.6 Å². The van der Waals surface area contributed by atoms with Crippen molar-refractivity contribution >= 4 is 11.0 Å². The van der Waals surface area contributed by atoms with E-state index >= 15 is 0 Å². The number of imidazole rings is 1. The first-order valence-electron chi connectivity index (χ1n) is 6.76. The molecule has 0 bridgehead atoms. The fourth-order valence-corrected chi connectivity index (χ4v) is 2.95. The fraction of sp³-hybridized carbons (Fsp3) is 0.533. The number of piperidine rings is 1. The average Bonchev–Trinajstić information content (AvgIpc) is 2.68. The van der Waals surface area contributed by atoms with Crippen LogP contribution < -0.4 is 0 Å². The SMILES string of the molecule is Cc1ccc2nc(C3CCN(C)CC3)n(C)c2c1. The molecule has 0 radical (unpaired) electrons. The van der Waals surface area contributed by atoms with Gasteiger partial charge in [0.25, 0.3) is 0 Å². The summed E-state index contributed by atoms with van der Waals surface area (Å²) in [5.74, 6) is 1.89. The monoisotopic (exact) mass is 243 g/mol. The molecule has 3 nitrogen and oxygen atoms in total. The molecule has 1 fully saturated rings. The number of nitrogens with zero attached hydrogens (tertiary/aromatic N) is 3. The highest BCUT2D eigenvalue weighted by molar-refractivity contribution is 5.76. The molecule has 0 spiro atoms. The summed E-state index contributed by atoms with van der Waals surface area (Å²) in [5.41, 5.74) is 3.71. The Balaban J connectivity index is 1.99. The molecule has 1 aromatic carbocycles. The molecule has 0 atom stereocenters. The van der Waals surface area contributed by atoms with E-state index in [2.05, 4.69) is 48.7 Å². The number of aryl methyl sites for hydroxylation is 2. The second-order valence-electron chi connectivity index (χ2n) is 5.60. The zero-order chi connectivity index (χ0) is 12.7. The molecule has 3 rings (SSSR count). The first-order chi connectivity index (χ1) is 8.65. The zero-order valence-corrected chi connectivity index (χ0v) is 11.5. The van der Waals surface area contributed by atoms with E-state index in [1.165, 1.54) is 42.8 Å². The summed E-state index contributed by atoms with van der Waals surface area (Å²) < 4.78 is 2.29. The molecule has 0 aliphatic carbocycles. The Hall–Kier alpha value is -1.35. The van der Waals surface area contributed by atoms with Crippen molar-refractivity contribution < 1.29 is 0 Å². The molecule has 0 amide bonds. The van der Waals surface area contributed by atoms with Crippen molar-refractivity contribution in [2.75, 3.05) is 20.1 Å². The van der Waals surface area contributed by atoms with Crippen molar-refractivity contribution in [2.24, 2.45) is 7.05 Å². The van der Waals surface area contributed by atoms with E-state index in [4.69, 9.17) is 4.98 Å². The molecule has 1 aromatic heterocycles. The summed E-state index contributed by atoms with van der Waals surface area (Å²) >= 11 is 0. The van der Waals surface area contributed by atoms with E-state index in [0.29, 0.717) is 5.92 Å². The predicted molar refractivity (Wildman–Crippen MR) is 74.9 cm³/mol. The Morgan fingerprint density at radius 3 is 2.61 bits per heavy atom. The molecular weight excluding hydrogens is 222 g/mol. The highest BCUT2D eigenvalue weighted by Gasteiger charge is 2.22. The van der Waals surface area contributed by atoms with Crippen LogP contribution in [0.1, 0.15) is 30.1 Å². The number of benzene rings is 1. The van der Waals surface area contributed by atoms with E-state index in [0.717, 1.165) is 5.52 Å². The van der Waals surface area contributed by atoms with Crippen LogP contribution >= 0.6 is 0 Å². The maximum absolute atomic E-state index is 4.85. The molecule has 2 aromatic rings. The lowest BCUT2D eigenvalue weighted by atomic mass is 9.96. The van der Waals surface area contributed by atoms with Gasteiger partial charge in [-0.15, -0.1) is 0 Å². The molecule has 0 unspecified atom stereocenters. The summed E-state index contributed by atoms with van der Waals surface area (Å²) in [5, 5.41) is 0. The van der Waals surface area contributed by atoms with Crippen LogP contribution in [0.15, 0.2) is 18.2 Å². The van der Waals surface area contributed by atoms with Gasteiger partial charge in [-0.2, -0.15) is 0 Å². The lowest BCUT2D eigenvalue weighted by molar-refractivity contribution is 0.250. The highest BCUT2D eigenvalue weighted by Crippen LogP contribution is 2.29. The summed E-state index contributed by atoms with van der Waals surface area (Å²) in [6, 6.07) is 6.53. The number of aromatic nitrogens is 2. The van der Waals surface area contributed by atoms with E-state index < -0.39 is 0 Å². The molecule has 0 saturated carbocycles. The number of hydrogen-bond donors (Lipinski definition) is 0. The third-order valence-electron chi connectivity index (χ3n) is 4.15. The number of hydrogen-bond acceptors (Lipinski definition) is 2. The molecule has 3 heteroatoms. The standard InChI is InChI=1S/C15H21N3/c1-11-4-5-13-14(10-11)18(3)15(16-13)12-6-8-17(2)9-7-12/h4-5,10,12H,6-9H2,1-3H3. The molecule has 0 N–H and O–H groups in total. The van der Waals surface area contributed by atoms with Gasteiger partial charge < -0.3 is 9.47 Å². The average molecular weight is 243 g/mol. The smallest absolute Gasteiger partial charge is 0.112 e. The van der Waals surface area contributed by atoms with Crippen LogP contribution in [-0.2, 0) is 7.05 Å². The Morgan fingerprint density at radius 2 is 1.89 bits per heavy atom. The van der Waals surface area contributed by atoms with Crippen molar-refractivity contribution in [1.29, 1.82) is 0 Å². The number of rotatable bonds is 1. The minimum atomic E-state index is 0.624. The summed E-state index contributed by atoms with van der Waals surface area (Å²) in [7, 11) is 4.36. The molecule has 18 heavy (non-hydrogen) atoms. The van der Waals surface area contributed by atoms with Gasteiger partial charge in [0.1, 0.15) is 5.82 Å². The fourth-order valence-electron chi connectivity index (χ4n) is 2.95. The Kier molecular flexibility index (Phi) is 2.86. The minimum Gasteiger partial charge on any atom is -0.331 e. The van der Waals surface area contributed by atoms with Crippen molar-refractivity contribution in [3.8, 4) is 0 Å². The lowest BCUT2D eigenvalue weighted by Gasteiger charge is -2.28. The Morgan fingerprint density at radius 1 is 1.17 bits per heavy atom. The van der Waals surface area contributed by atoms with Gasteiger partial charge in [0.2, 0.25) is 0 Å². The molecule has 1 aliphatic heterocycles. The topological polar surface area (TPSA) is 21.1 Å². The normalized spacial score (nSPS) is 18.6. The third-order valence-corrected chi connectivity index (χ3v) is 4.15.